The van der Waals surface area contributed by atoms with Crippen LogP contribution in [0, 0.1) is 0 Å². The summed E-state index contributed by atoms with van der Waals surface area (Å²) in [6.45, 7) is 3.67. The molecule has 1 saturated carbocycles. The molecule has 4 amide bonds. The van der Waals surface area contributed by atoms with Gasteiger partial charge >= 0.3 is 6.03 Å². The van der Waals surface area contributed by atoms with Crippen LogP contribution in [0.15, 0.2) is 17.5 Å². The minimum Gasteiger partial charge on any atom is -0.339 e. The van der Waals surface area contributed by atoms with Crippen molar-refractivity contribution in [3.63, 3.8) is 0 Å². The first-order valence-corrected chi connectivity index (χ1v) is 10.1. The summed E-state index contributed by atoms with van der Waals surface area (Å²) in [6.07, 6.45) is 3.26. The van der Waals surface area contributed by atoms with E-state index in [-0.39, 0.29) is 18.4 Å². The van der Waals surface area contributed by atoms with Crippen molar-refractivity contribution in [3.05, 3.63) is 22.4 Å². The van der Waals surface area contributed by atoms with E-state index in [9.17, 15) is 14.4 Å². The summed E-state index contributed by atoms with van der Waals surface area (Å²) in [4.78, 5) is 44.0. The molecule has 0 unspecified atom stereocenters. The minimum absolute atomic E-state index is 0.140. The molecule has 1 spiro atoms. The maximum Gasteiger partial charge on any atom is 0.325 e. The number of carbonyl (C=O) groups excluding carboxylic acids is 3. The van der Waals surface area contributed by atoms with Crippen molar-refractivity contribution >= 4 is 29.2 Å². The summed E-state index contributed by atoms with van der Waals surface area (Å²) >= 11 is 1.74. The molecule has 3 fully saturated rings. The fourth-order valence-corrected chi connectivity index (χ4v) is 4.90. The molecule has 140 valence electrons. The molecule has 1 aliphatic carbocycles. The summed E-state index contributed by atoms with van der Waals surface area (Å²) < 4.78 is 0. The van der Waals surface area contributed by atoms with Gasteiger partial charge in [0.25, 0.3) is 5.91 Å². The monoisotopic (exact) mass is 376 g/mol. The zero-order valence-electron chi connectivity index (χ0n) is 14.8. The van der Waals surface area contributed by atoms with Gasteiger partial charge in [0.2, 0.25) is 5.91 Å². The highest BCUT2D eigenvalue weighted by Gasteiger charge is 2.52. The second-order valence-electron chi connectivity index (χ2n) is 7.35. The summed E-state index contributed by atoms with van der Waals surface area (Å²) in [5, 5.41) is 4.90. The third-order valence-corrected chi connectivity index (χ3v) is 6.54. The number of hydrogen-bond acceptors (Lipinski definition) is 5. The molecule has 0 radical (unpaired) electrons. The number of thiophene rings is 1. The maximum absolute atomic E-state index is 12.7. The van der Waals surface area contributed by atoms with Gasteiger partial charge in [-0.2, -0.15) is 0 Å². The Kier molecular flexibility index (Phi) is 4.71. The van der Waals surface area contributed by atoms with E-state index >= 15 is 0 Å². The Morgan fingerprint density at radius 3 is 2.54 bits per heavy atom. The number of imide groups is 1. The minimum atomic E-state index is -0.739. The van der Waals surface area contributed by atoms with E-state index in [1.165, 1.54) is 4.88 Å². The van der Waals surface area contributed by atoms with Gasteiger partial charge in [0.05, 0.1) is 0 Å². The SMILES string of the molecule is O=C(CN1C(=O)NC2(CCCC2)C1=O)N1CCN(Cc2cccs2)CC1. The summed E-state index contributed by atoms with van der Waals surface area (Å²) in [6, 6.07) is 3.76. The van der Waals surface area contributed by atoms with Gasteiger partial charge in [-0.3, -0.25) is 19.4 Å². The van der Waals surface area contributed by atoms with Crippen molar-refractivity contribution in [2.45, 2.75) is 37.8 Å². The van der Waals surface area contributed by atoms with Gasteiger partial charge in [0.15, 0.2) is 0 Å². The smallest absolute Gasteiger partial charge is 0.325 e. The summed E-state index contributed by atoms with van der Waals surface area (Å²) in [7, 11) is 0. The number of rotatable bonds is 4. The van der Waals surface area contributed by atoms with Crippen LogP contribution in [0.25, 0.3) is 0 Å². The predicted octanol–water partition coefficient (Wildman–Crippen LogP) is 1.26. The molecular weight excluding hydrogens is 352 g/mol. The van der Waals surface area contributed by atoms with Crippen LogP contribution in [-0.4, -0.2) is 70.8 Å². The van der Waals surface area contributed by atoms with E-state index in [1.807, 2.05) is 0 Å². The van der Waals surface area contributed by atoms with Crippen LogP contribution < -0.4 is 5.32 Å². The zero-order valence-corrected chi connectivity index (χ0v) is 15.6. The van der Waals surface area contributed by atoms with E-state index < -0.39 is 11.6 Å². The Morgan fingerprint density at radius 1 is 1.15 bits per heavy atom. The molecule has 3 aliphatic rings. The topological polar surface area (TPSA) is 73.0 Å². The van der Waals surface area contributed by atoms with Crippen LogP contribution in [0.4, 0.5) is 4.79 Å². The average molecular weight is 376 g/mol. The fourth-order valence-electron chi connectivity index (χ4n) is 4.15. The molecule has 1 aromatic heterocycles. The summed E-state index contributed by atoms with van der Waals surface area (Å²) in [5.74, 6) is -0.357. The van der Waals surface area contributed by atoms with E-state index in [2.05, 4.69) is 27.7 Å². The Hall–Kier alpha value is -1.93. The van der Waals surface area contributed by atoms with Crippen molar-refractivity contribution in [1.29, 1.82) is 0 Å². The highest BCUT2D eigenvalue weighted by Crippen LogP contribution is 2.35. The van der Waals surface area contributed by atoms with Crippen molar-refractivity contribution in [3.8, 4) is 0 Å². The Balaban J connectivity index is 1.30. The lowest BCUT2D eigenvalue weighted by Crippen LogP contribution is -2.52. The van der Waals surface area contributed by atoms with Gasteiger partial charge in [0, 0.05) is 37.6 Å². The molecule has 1 N–H and O–H groups in total. The molecule has 2 saturated heterocycles. The number of piperazine rings is 1. The van der Waals surface area contributed by atoms with Crippen molar-refractivity contribution < 1.29 is 14.4 Å². The summed E-state index contributed by atoms with van der Waals surface area (Å²) in [5.41, 5.74) is -0.739. The lowest BCUT2D eigenvalue weighted by atomic mass is 9.98. The van der Waals surface area contributed by atoms with Gasteiger partial charge in [0.1, 0.15) is 12.1 Å². The third kappa shape index (κ3) is 3.23. The highest BCUT2D eigenvalue weighted by molar-refractivity contribution is 7.09. The Bertz CT molecular complexity index is 691. The molecular formula is C18H24N4O3S. The second kappa shape index (κ2) is 7.00. The molecule has 7 nitrogen and oxygen atoms in total. The van der Waals surface area contributed by atoms with E-state index in [1.54, 1.807) is 16.2 Å². The molecule has 4 rings (SSSR count). The normalized spacial score (nSPS) is 23.1. The first kappa shape index (κ1) is 17.5. The molecule has 0 aromatic carbocycles. The molecule has 2 aliphatic heterocycles. The maximum atomic E-state index is 12.7. The van der Waals surface area contributed by atoms with Crippen LogP contribution in [-0.2, 0) is 16.1 Å². The van der Waals surface area contributed by atoms with Crippen LogP contribution >= 0.6 is 11.3 Å². The van der Waals surface area contributed by atoms with Crippen LogP contribution in [0.3, 0.4) is 0 Å². The van der Waals surface area contributed by atoms with Gasteiger partial charge in [-0.15, -0.1) is 11.3 Å². The average Bonchev–Trinajstić information content (AvgIpc) is 3.36. The molecule has 0 atom stereocenters. The van der Waals surface area contributed by atoms with E-state index in [4.69, 9.17) is 0 Å². The number of nitrogens with zero attached hydrogens (tertiary/aromatic N) is 3. The van der Waals surface area contributed by atoms with Crippen molar-refractivity contribution in [1.82, 2.24) is 20.0 Å². The molecule has 1 aromatic rings. The second-order valence-corrected chi connectivity index (χ2v) is 8.38. The number of urea groups is 1. The molecule has 0 bridgehead atoms. The molecule has 8 heteroatoms. The van der Waals surface area contributed by atoms with Gasteiger partial charge in [-0.1, -0.05) is 18.9 Å². The fraction of sp³-hybridized carbons (Fsp3) is 0.611. The first-order chi connectivity index (χ1) is 12.6. The number of carbonyl (C=O) groups is 3. The standard InChI is InChI=1S/C18H24N4O3S/c23-15(13-22-16(24)18(19-17(22)25)5-1-2-6-18)21-9-7-20(8-10-21)12-14-4-3-11-26-14/h3-4,11H,1-2,5-10,12-13H2,(H,19,25). The lowest BCUT2D eigenvalue weighted by molar-refractivity contribution is -0.140. The number of amides is 4. The van der Waals surface area contributed by atoms with Crippen LogP contribution in [0.5, 0.6) is 0 Å². The van der Waals surface area contributed by atoms with Crippen LogP contribution in [0.1, 0.15) is 30.6 Å². The van der Waals surface area contributed by atoms with Crippen LogP contribution in [0.2, 0.25) is 0 Å². The lowest BCUT2D eigenvalue weighted by Gasteiger charge is -2.35. The highest BCUT2D eigenvalue weighted by atomic mass is 32.1. The number of hydrogen-bond donors (Lipinski definition) is 1. The number of nitrogens with one attached hydrogen (secondary N) is 1. The van der Waals surface area contributed by atoms with Gasteiger partial charge in [-0.25, -0.2) is 4.79 Å². The Labute approximate surface area is 156 Å². The predicted molar refractivity (Wildman–Crippen MR) is 97.6 cm³/mol. The molecule has 3 heterocycles. The van der Waals surface area contributed by atoms with Gasteiger partial charge in [-0.05, 0) is 24.3 Å². The molecule has 26 heavy (non-hydrogen) atoms. The quantitative estimate of drug-likeness (QED) is 0.803. The largest absolute Gasteiger partial charge is 0.339 e. The Morgan fingerprint density at radius 2 is 1.88 bits per heavy atom. The first-order valence-electron chi connectivity index (χ1n) is 9.24. The zero-order chi connectivity index (χ0) is 18.1. The van der Waals surface area contributed by atoms with E-state index in [0.717, 1.165) is 37.4 Å². The van der Waals surface area contributed by atoms with Gasteiger partial charge < -0.3 is 10.2 Å². The van der Waals surface area contributed by atoms with Crippen molar-refractivity contribution in [2.75, 3.05) is 32.7 Å². The van der Waals surface area contributed by atoms with E-state index in [0.29, 0.717) is 25.9 Å². The van der Waals surface area contributed by atoms with Crippen molar-refractivity contribution in [2.24, 2.45) is 0 Å². The third-order valence-electron chi connectivity index (χ3n) is 5.68.